The predicted molar refractivity (Wildman–Crippen MR) is 120 cm³/mol. The number of nitrogens with zero attached hydrogens (tertiary/aromatic N) is 1. The van der Waals surface area contributed by atoms with Crippen molar-refractivity contribution < 1.29 is 14.3 Å². The first-order valence-corrected chi connectivity index (χ1v) is 11.0. The van der Waals surface area contributed by atoms with Gasteiger partial charge in [0.15, 0.2) is 11.5 Å². The molecule has 1 amide bonds. The van der Waals surface area contributed by atoms with Gasteiger partial charge in [0, 0.05) is 24.0 Å². The van der Waals surface area contributed by atoms with Gasteiger partial charge < -0.3 is 19.7 Å². The summed E-state index contributed by atoms with van der Waals surface area (Å²) < 4.78 is 11.4. The van der Waals surface area contributed by atoms with E-state index in [1.807, 2.05) is 42.5 Å². The van der Waals surface area contributed by atoms with Crippen LogP contribution < -0.4 is 14.8 Å². The van der Waals surface area contributed by atoms with Crippen molar-refractivity contribution in [2.45, 2.75) is 32.7 Å². The van der Waals surface area contributed by atoms with Gasteiger partial charge in [0.05, 0.1) is 7.11 Å². The van der Waals surface area contributed by atoms with Crippen LogP contribution in [0.4, 0.5) is 0 Å². The molecule has 162 valence electrons. The van der Waals surface area contributed by atoms with Crippen molar-refractivity contribution in [2.24, 2.45) is 5.92 Å². The molecular weight excluding hydrogens is 400 g/mol. The molecule has 2 aromatic rings. The second-order valence-corrected chi connectivity index (χ2v) is 8.02. The lowest BCUT2D eigenvalue weighted by Crippen LogP contribution is -2.28. The quantitative estimate of drug-likeness (QED) is 0.570. The van der Waals surface area contributed by atoms with Crippen LogP contribution in [-0.4, -0.2) is 44.2 Å². The molecule has 3 rings (SSSR count). The normalized spacial score (nSPS) is 17.6. The third-order valence-electron chi connectivity index (χ3n) is 5.66. The molecule has 0 radical (unpaired) electrons. The predicted octanol–water partition coefficient (Wildman–Crippen LogP) is 4.49. The van der Waals surface area contributed by atoms with Crippen LogP contribution in [0.1, 0.15) is 37.3 Å². The monoisotopic (exact) mass is 430 g/mol. The molecule has 30 heavy (non-hydrogen) atoms. The van der Waals surface area contributed by atoms with Crippen LogP contribution in [0.3, 0.4) is 0 Å². The zero-order valence-electron chi connectivity index (χ0n) is 18.0. The van der Waals surface area contributed by atoms with Gasteiger partial charge in [0.1, 0.15) is 6.61 Å². The Morgan fingerprint density at radius 1 is 1.17 bits per heavy atom. The van der Waals surface area contributed by atoms with Gasteiger partial charge in [-0.25, -0.2) is 0 Å². The van der Waals surface area contributed by atoms with Gasteiger partial charge >= 0.3 is 0 Å². The minimum Gasteiger partial charge on any atom is -0.493 e. The maximum atomic E-state index is 12.5. The lowest BCUT2D eigenvalue weighted by molar-refractivity contribution is -0.122. The molecule has 1 aliphatic rings. The highest BCUT2D eigenvalue weighted by Gasteiger charge is 2.43. The SMILES string of the molecule is CCN(CC)CCOc1ccc(CNC(=O)C2CC2c2cccc(Cl)c2)cc1OC. The molecule has 0 aromatic heterocycles. The van der Waals surface area contributed by atoms with E-state index in [-0.39, 0.29) is 17.7 Å². The lowest BCUT2D eigenvalue weighted by atomic mass is 10.1. The molecule has 1 aliphatic carbocycles. The van der Waals surface area contributed by atoms with Crippen molar-refractivity contribution >= 4 is 17.5 Å². The number of hydrogen-bond acceptors (Lipinski definition) is 4. The number of hydrogen-bond donors (Lipinski definition) is 1. The molecule has 0 bridgehead atoms. The second kappa shape index (κ2) is 10.7. The van der Waals surface area contributed by atoms with Crippen molar-refractivity contribution in [1.82, 2.24) is 10.2 Å². The maximum absolute atomic E-state index is 12.5. The fraction of sp³-hybridized carbons (Fsp3) is 0.458. The van der Waals surface area contributed by atoms with Gasteiger partial charge in [-0.3, -0.25) is 4.79 Å². The maximum Gasteiger partial charge on any atom is 0.224 e. The number of amides is 1. The summed E-state index contributed by atoms with van der Waals surface area (Å²) in [6.07, 6.45) is 0.870. The van der Waals surface area contributed by atoms with Gasteiger partial charge in [-0.1, -0.05) is 43.6 Å². The van der Waals surface area contributed by atoms with E-state index >= 15 is 0 Å². The van der Waals surface area contributed by atoms with Gasteiger partial charge in [-0.05, 0) is 60.8 Å². The first-order valence-electron chi connectivity index (χ1n) is 10.6. The van der Waals surface area contributed by atoms with Gasteiger partial charge in [0.2, 0.25) is 5.91 Å². The lowest BCUT2D eigenvalue weighted by Gasteiger charge is -2.19. The van der Waals surface area contributed by atoms with Crippen LogP contribution in [-0.2, 0) is 11.3 Å². The van der Waals surface area contributed by atoms with E-state index in [1.54, 1.807) is 7.11 Å². The molecule has 2 unspecified atom stereocenters. The van der Waals surface area contributed by atoms with Gasteiger partial charge in [0.25, 0.3) is 0 Å². The van der Waals surface area contributed by atoms with E-state index < -0.39 is 0 Å². The molecule has 0 aliphatic heterocycles. The molecule has 5 nitrogen and oxygen atoms in total. The summed E-state index contributed by atoms with van der Waals surface area (Å²) in [4.78, 5) is 14.8. The number of benzene rings is 2. The molecule has 6 heteroatoms. The number of nitrogens with one attached hydrogen (secondary N) is 1. The Balaban J connectivity index is 1.50. The fourth-order valence-corrected chi connectivity index (χ4v) is 3.88. The van der Waals surface area contributed by atoms with Crippen molar-refractivity contribution in [3.05, 3.63) is 58.6 Å². The Morgan fingerprint density at radius 2 is 1.97 bits per heavy atom. The minimum atomic E-state index is 0.0213. The number of methoxy groups -OCH3 is 1. The second-order valence-electron chi connectivity index (χ2n) is 7.58. The van der Waals surface area contributed by atoms with Crippen molar-refractivity contribution in [2.75, 3.05) is 33.4 Å². The van der Waals surface area contributed by atoms with Gasteiger partial charge in [-0.2, -0.15) is 0 Å². The molecule has 0 saturated heterocycles. The number of carbonyl (C=O) groups excluding carboxylic acids is 1. The number of halogens is 1. The topological polar surface area (TPSA) is 50.8 Å². The summed E-state index contributed by atoms with van der Waals surface area (Å²) in [6, 6.07) is 13.6. The first kappa shape index (κ1) is 22.4. The van der Waals surface area contributed by atoms with Gasteiger partial charge in [-0.15, -0.1) is 0 Å². The average molecular weight is 431 g/mol. The number of carbonyl (C=O) groups is 1. The summed E-state index contributed by atoms with van der Waals surface area (Å²) >= 11 is 6.06. The van der Waals surface area contributed by atoms with Crippen molar-refractivity contribution in [3.63, 3.8) is 0 Å². The Labute approximate surface area is 184 Å². The highest BCUT2D eigenvalue weighted by atomic mass is 35.5. The highest BCUT2D eigenvalue weighted by molar-refractivity contribution is 6.30. The molecule has 0 heterocycles. The van der Waals surface area contributed by atoms with E-state index in [2.05, 4.69) is 24.1 Å². The Hall–Kier alpha value is -2.24. The molecule has 2 aromatic carbocycles. The van der Waals surface area contributed by atoms with E-state index in [0.717, 1.165) is 42.9 Å². The highest BCUT2D eigenvalue weighted by Crippen LogP contribution is 2.48. The number of rotatable bonds is 11. The molecule has 2 atom stereocenters. The third kappa shape index (κ3) is 5.89. The minimum absolute atomic E-state index is 0.0213. The Morgan fingerprint density at radius 3 is 2.67 bits per heavy atom. The summed E-state index contributed by atoms with van der Waals surface area (Å²) in [5.41, 5.74) is 2.12. The summed E-state index contributed by atoms with van der Waals surface area (Å²) in [6.45, 7) is 8.26. The van der Waals surface area contributed by atoms with Crippen LogP contribution in [0.25, 0.3) is 0 Å². The van der Waals surface area contributed by atoms with Crippen LogP contribution in [0.5, 0.6) is 11.5 Å². The van der Waals surface area contributed by atoms with Crippen LogP contribution in [0.2, 0.25) is 5.02 Å². The number of ether oxygens (including phenoxy) is 2. The van der Waals surface area contributed by atoms with Crippen molar-refractivity contribution in [1.29, 1.82) is 0 Å². The van der Waals surface area contributed by atoms with Crippen LogP contribution in [0, 0.1) is 5.92 Å². The van der Waals surface area contributed by atoms with Crippen LogP contribution >= 0.6 is 11.6 Å². The Bertz CT molecular complexity index is 854. The standard InChI is InChI=1S/C24H31ClN2O3/c1-4-27(5-2)11-12-30-22-10-9-17(13-23(22)29-3)16-26-24(28)21-15-20(21)18-7-6-8-19(25)14-18/h6-10,13-14,20-21H,4-5,11-12,15-16H2,1-3H3,(H,26,28). The van der Waals surface area contributed by atoms with Crippen molar-refractivity contribution in [3.8, 4) is 11.5 Å². The van der Waals surface area contributed by atoms with E-state index in [0.29, 0.717) is 23.9 Å². The van der Waals surface area contributed by atoms with E-state index in [1.165, 1.54) is 0 Å². The zero-order valence-corrected chi connectivity index (χ0v) is 18.7. The summed E-state index contributed by atoms with van der Waals surface area (Å²) in [5.74, 6) is 1.78. The smallest absolute Gasteiger partial charge is 0.224 e. The van der Waals surface area contributed by atoms with E-state index in [9.17, 15) is 4.79 Å². The molecular formula is C24H31ClN2O3. The molecule has 1 fully saturated rings. The first-order chi connectivity index (χ1) is 14.5. The Kier molecular flexibility index (Phi) is 8.00. The van der Waals surface area contributed by atoms with Crippen LogP contribution in [0.15, 0.2) is 42.5 Å². The summed E-state index contributed by atoms with van der Waals surface area (Å²) in [7, 11) is 1.63. The molecule has 1 saturated carbocycles. The third-order valence-corrected chi connectivity index (χ3v) is 5.89. The zero-order chi connectivity index (χ0) is 21.5. The fourth-order valence-electron chi connectivity index (χ4n) is 3.68. The average Bonchev–Trinajstić information content (AvgIpc) is 3.56. The number of likely N-dealkylation sites (N-methyl/N-ethyl adjacent to an activating group) is 1. The molecule has 1 N–H and O–H groups in total. The largest absolute Gasteiger partial charge is 0.493 e. The summed E-state index contributed by atoms with van der Waals surface area (Å²) in [5, 5.41) is 3.76. The molecule has 0 spiro atoms. The van der Waals surface area contributed by atoms with E-state index in [4.69, 9.17) is 21.1 Å².